The smallest absolute Gasteiger partial charge is 0.325 e. The lowest BCUT2D eigenvalue weighted by Crippen LogP contribution is -2.37. The summed E-state index contributed by atoms with van der Waals surface area (Å²) in [4.78, 5) is 29.2. The molecule has 33 heavy (non-hydrogen) atoms. The first-order chi connectivity index (χ1) is 15.7. The zero-order valence-electron chi connectivity index (χ0n) is 18.0. The predicted octanol–water partition coefficient (Wildman–Crippen LogP) is 2.20. The average Bonchev–Trinajstić information content (AvgIpc) is 3.24. The molecule has 172 valence electrons. The second-order valence-electron chi connectivity index (χ2n) is 7.64. The van der Waals surface area contributed by atoms with E-state index in [0.717, 1.165) is 10.1 Å². The molecule has 0 bridgehead atoms. The number of sulfonamides is 1. The molecule has 11 heteroatoms. The Balaban J connectivity index is 1.67. The van der Waals surface area contributed by atoms with Crippen LogP contribution in [0.4, 0.5) is 0 Å². The summed E-state index contributed by atoms with van der Waals surface area (Å²) in [7, 11) is -0.869. The molecule has 2 heterocycles. The minimum absolute atomic E-state index is 0.102. The fourth-order valence-electron chi connectivity index (χ4n) is 3.68. The van der Waals surface area contributed by atoms with Gasteiger partial charge in [0.1, 0.15) is 0 Å². The number of halogens is 1. The first kappa shape index (κ1) is 23.0. The monoisotopic (exact) mass is 487 g/mol. The van der Waals surface area contributed by atoms with E-state index in [-0.39, 0.29) is 16.1 Å². The van der Waals surface area contributed by atoms with Crippen LogP contribution in [-0.2, 0) is 30.7 Å². The van der Waals surface area contributed by atoms with Crippen molar-refractivity contribution in [2.45, 2.75) is 23.9 Å². The number of rotatable bonds is 7. The average molecular weight is 488 g/mol. The SMILES string of the molecule is Cn1c(=O)c2c(ncn2CCC(NS(=O)(=O)c2ccc(Cl)cc2)c2ccccc2)n(C)c1=O. The van der Waals surface area contributed by atoms with Crippen LogP contribution in [0.1, 0.15) is 18.0 Å². The summed E-state index contributed by atoms with van der Waals surface area (Å²) in [6, 6.07) is 14.5. The molecule has 0 saturated heterocycles. The molecular weight excluding hydrogens is 466 g/mol. The molecule has 0 amide bonds. The van der Waals surface area contributed by atoms with Gasteiger partial charge in [-0.05, 0) is 36.2 Å². The van der Waals surface area contributed by atoms with E-state index in [1.165, 1.54) is 42.2 Å². The highest BCUT2D eigenvalue weighted by molar-refractivity contribution is 7.89. The van der Waals surface area contributed by atoms with E-state index in [2.05, 4.69) is 9.71 Å². The Morgan fingerprint density at radius 1 is 1.00 bits per heavy atom. The molecule has 2 aromatic carbocycles. The number of aromatic nitrogens is 4. The van der Waals surface area contributed by atoms with E-state index >= 15 is 0 Å². The number of aryl methyl sites for hydroxylation is 2. The Bertz CT molecular complexity index is 1520. The van der Waals surface area contributed by atoms with E-state index in [1.807, 2.05) is 30.3 Å². The molecular formula is C22H22ClN5O4S. The van der Waals surface area contributed by atoms with Crippen molar-refractivity contribution in [1.82, 2.24) is 23.4 Å². The Morgan fingerprint density at radius 3 is 2.33 bits per heavy atom. The number of hydrogen-bond donors (Lipinski definition) is 1. The van der Waals surface area contributed by atoms with E-state index < -0.39 is 27.3 Å². The number of fused-ring (bicyclic) bond motifs is 1. The third kappa shape index (κ3) is 4.50. The normalized spacial score (nSPS) is 12.8. The molecule has 0 radical (unpaired) electrons. The lowest BCUT2D eigenvalue weighted by Gasteiger charge is -2.20. The number of benzene rings is 2. The topological polar surface area (TPSA) is 108 Å². The summed E-state index contributed by atoms with van der Waals surface area (Å²) < 4.78 is 32.8. The van der Waals surface area contributed by atoms with Gasteiger partial charge < -0.3 is 4.57 Å². The van der Waals surface area contributed by atoms with Gasteiger partial charge in [0.2, 0.25) is 10.0 Å². The zero-order valence-corrected chi connectivity index (χ0v) is 19.5. The minimum Gasteiger partial charge on any atom is -0.325 e. The highest BCUT2D eigenvalue weighted by Gasteiger charge is 2.22. The molecule has 0 saturated carbocycles. The second kappa shape index (κ2) is 8.97. The zero-order chi connectivity index (χ0) is 23.8. The molecule has 0 spiro atoms. The van der Waals surface area contributed by atoms with E-state index in [1.54, 1.807) is 11.6 Å². The molecule has 0 aliphatic rings. The number of nitrogens with one attached hydrogen (secondary N) is 1. The van der Waals surface area contributed by atoms with Crippen LogP contribution in [0.15, 0.2) is 75.4 Å². The van der Waals surface area contributed by atoms with Crippen LogP contribution in [-0.4, -0.2) is 27.1 Å². The first-order valence-electron chi connectivity index (χ1n) is 10.1. The standard InChI is InChI=1S/C22H22ClN5O4S/c1-26-20-19(21(29)27(2)22(26)30)28(14-24-20)13-12-18(15-6-4-3-5-7-15)25-33(31,32)17-10-8-16(23)9-11-17/h3-11,14,18,25H,12-13H2,1-2H3. The van der Waals surface area contributed by atoms with Crippen molar-refractivity contribution in [3.63, 3.8) is 0 Å². The van der Waals surface area contributed by atoms with Crippen molar-refractivity contribution in [3.05, 3.63) is 92.3 Å². The highest BCUT2D eigenvalue weighted by Crippen LogP contribution is 2.22. The molecule has 0 fully saturated rings. The van der Waals surface area contributed by atoms with Gasteiger partial charge in [-0.2, -0.15) is 0 Å². The van der Waals surface area contributed by atoms with Crippen molar-refractivity contribution in [1.29, 1.82) is 0 Å². The van der Waals surface area contributed by atoms with Crippen LogP contribution in [0.2, 0.25) is 5.02 Å². The van der Waals surface area contributed by atoms with Crippen LogP contribution in [0.3, 0.4) is 0 Å². The third-order valence-corrected chi connectivity index (χ3v) is 7.24. The molecule has 4 rings (SSSR count). The molecule has 1 N–H and O–H groups in total. The van der Waals surface area contributed by atoms with E-state index in [0.29, 0.717) is 18.0 Å². The maximum absolute atomic E-state index is 13.0. The van der Waals surface area contributed by atoms with E-state index in [9.17, 15) is 18.0 Å². The fourth-order valence-corrected chi connectivity index (χ4v) is 5.07. The molecule has 1 unspecified atom stereocenters. The number of imidazole rings is 1. The fraction of sp³-hybridized carbons (Fsp3) is 0.227. The van der Waals surface area contributed by atoms with Gasteiger partial charge in [0.25, 0.3) is 5.56 Å². The van der Waals surface area contributed by atoms with Gasteiger partial charge in [0.05, 0.1) is 11.2 Å². The van der Waals surface area contributed by atoms with Crippen LogP contribution >= 0.6 is 11.6 Å². The molecule has 0 aliphatic carbocycles. The summed E-state index contributed by atoms with van der Waals surface area (Å²) in [5.74, 6) is 0. The maximum atomic E-state index is 13.0. The second-order valence-corrected chi connectivity index (χ2v) is 9.79. The largest absolute Gasteiger partial charge is 0.332 e. The van der Waals surface area contributed by atoms with Gasteiger partial charge in [-0.15, -0.1) is 0 Å². The highest BCUT2D eigenvalue weighted by atomic mass is 35.5. The summed E-state index contributed by atoms with van der Waals surface area (Å²) in [6.45, 7) is 0.298. The Morgan fingerprint density at radius 2 is 1.67 bits per heavy atom. The molecule has 2 aromatic heterocycles. The summed E-state index contributed by atoms with van der Waals surface area (Å²) in [5, 5.41) is 0.441. The van der Waals surface area contributed by atoms with Crippen LogP contribution < -0.4 is 16.0 Å². The molecule has 1 atom stereocenters. The third-order valence-electron chi connectivity index (χ3n) is 5.50. The van der Waals surface area contributed by atoms with Gasteiger partial charge in [-0.3, -0.25) is 13.9 Å². The van der Waals surface area contributed by atoms with Crippen LogP contribution in [0, 0.1) is 0 Å². The van der Waals surface area contributed by atoms with Crippen molar-refractivity contribution >= 4 is 32.8 Å². The molecule has 4 aromatic rings. The number of hydrogen-bond acceptors (Lipinski definition) is 5. The van der Waals surface area contributed by atoms with Crippen LogP contribution in [0.25, 0.3) is 11.2 Å². The Labute approximate surface area is 194 Å². The van der Waals surface area contributed by atoms with Crippen molar-refractivity contribution in [3.8, 4) is 0 Å². The Kier molecular flexibility index (Phi) is 6.24. The van der Waals surface area contributed by atoms with E-state index in [4.69, 9.17) is 11.6 Å². The quantitative estimate of drug-likeness (QED) is 0.430. The molecule has 0 aliphatic heterocycles. The van der Waals surface area contributed by atoms with Gasteiger partial charge in [0.15, 0.2) is 11.2 Å². The predicted molar refractivity (Wildman–Crippen MR) is 126 cm³/mol. The lowest BCUT2D eigenvalue weighted by atomic mass is 10.1. The first-order valence-corrected chi connectivity index (χ1v) is 12.0. The lowest BCUT2D eigenvalue weighted by molar-refractivity contribution is 0.510. The summed E-state index contributed by atoms with van der Waals surface area (Å²) in [6.07, 6.45) is 1.83. The van der Waals surface area contributed by atoms with Gasteiger partial charge >= 0.3 is 5.69 Å². The number of nitrogens with zero attached hydrogens (tertiary/aromatic N) is 4. The van der Waals surface area contributed by atoms with Gasteiger partial charge in [0, 0.05) is 31.7 Å². The van der Waals surface area contributed by atoms with Crippen molar-refractivity contribution in [2.24, 2.45) is 14.1 Å². The Hall–Kier alpha value is -3.21. The molecule has 9 nitrogen and oxygen atoms in total. The maximum Gasteiger partial charge on any atom is 0.332 e. The minimum atomic E-state index is -3.83. The van der Waals surface area contributed by atoms with Crippen molar-refractivity contribution in [2.75, 3.05) is 0 Å². The van der Waals surface area contributed by atoms with Gasteiger partial charge in [-0.1, -0.05) is 41.9 Å². The summed E-state index contributed by atoms with van der Waals surface area (Å²) >= 11 is 5.89. The van der Waals surface area contributed by atoms with Crippen LogP contribution in [0.5, 0.6) is 0 Å². The van der Waals surface area contributed by atoms with Crippen molar-refractivity contribution < 1.29 is 8.42 Å². The summed E-state index contributed by atoms with van der Waals surface area (Å²) in [5.41, 5.74) is 0.423. The van der Waals surface area contributed by atoms with Gasteiger partial charge in [-0.25, -0.2) is 22.9 Å².